The third-order valence-electron chi connectivity index (χ3n) is 3.20. The van der Waals surface area contributed by atoms with Gasteiger partial charge in [0.15, 0.2) is 0 Å². The zero-order valence-electron chi connectivity index (χ0n) is 12.4. The van der Waals surface area contributed by atoms with Crippen LogP contribution in [0.1, 0.15) is 27.6 Å². The first-order valence-electron chi connectivity index (χ1n) is 6.77. The summed E-state index contributed by atoms with van der Waals surface area (Å²) in [6.45, 7) is 1.67. The Hall–Kier alpha value is -2.40. The summed E-state index contributed by atoms with van der Waals surface area (Å²) < 4.78 is 23.8. The van der Waals surface area contributed by atoms with Crippen LogP contribution in [0.2, 0.25) is 0 Å². The fraction of sp³-hybridized carbons (Fsp3) is 0.235. The van der Waals surface area contributed by atoms with Crippen molar-refractivity contribution in [3.63, 3.8) is 0 Å². The second-order valence-corrected chi connectivity index (χ2v) is 4.84. The van der Waals surface area contributed by atoms with E-state index in [-0.39, 0.29) is 23.5 Å². The highest BCUT2D eigenvalue weighted by molar-refractivity contribution is 5.92. The lowest BCUT2D eigenvalue weighted by Gasteiger charge is -2.15. The van der Waals surface area contributed by atoms with Crippen LogP contribution in [0.25, 0.3) is 0 Å². The molecule has 0 aliphatic rings. The van der Waals surface area contributed by atoms with Crippen LogP contribution in [-0.2, 0) is 4.74 Å². The average molecular weight is 304 g/mol. The largest absolute Gasteiger partial charge is 0.490 e. The number of aliphatic hydroxyl groups excluding tert-OH is 1. The summed E-state index contributed by atoms with van der Waals surface area (Å²) >= 11 is 0. The van der Waals surface area contributed by atoms with Gasteiger partial charge in [-0.2, -0.15) is 0 Å². The number of carbonyl (C=O) groups excluding carboxylic acids is 1. The summed E-state index contributed by atoms with van der Waals surface area (Å²) in [4.78, 5) is 11.7. The molecule has 5 heteroatoms. The van der Waals surface area contributed by atoms with E-state index in [1.165, 1.54) is 19.2 Å². The Kier molecular flexibility index (Phi) is 5.12. The molecule has 0 heterocycles. The number of esters is 1. The standard InChI is InChI=1S/C17H17FO4/c1-11-7-8-16(13(9-11)17(20)21-2)22-10-15(19)12-5-3-4-6-14(12)18/h3-9,15,19H,10H2,1-2H3. The first-order chi connectivity index (χ1) is 10.5. The van der Waals surface area contributed by atoms with Crippen molar-refractivity contribution in [3.05, 3.63) is 65.0 Å². The van der Waals surface area contributed by atoms with Gasteiger partial charge in [-0.15, -0.1) is 0 Å². The van der Waals surface area contributed by atoms with E-state index in [1.807, 2.05) is 6.92 Å². The highest BCUT2D eigenvalue weighted by Gasteiger charge is 2.17. The second kappa shape index (κ2) is 7.04. The number of aryl methyl sites for hydroxylation is 1. The zero-order valence-corrected chi connectivity index (χ0v) is 12.4. The van der Waals surface area contributed by atoms with E-state index in [0.29, 0.717) is 0 Å². The summed E-state index contributed by atoms with van der Waals surface area (Å²) in [7, 11) is 1.28. The zero-order chi connectivity index (χ0) is 16.1. The third kappa shape index (κ3) is 3.62. The van der Waals surface area contributed by atoms with E-state index in [9.17, 15) is 14.3 Å². The van der Waals surface area contributed by atoms with Gasteiger partial charge in [0.25, 0.3) is 0 Å². The molecule has 0 aromatic heterocycles. The monoisotopic (exact) mass is 304 g/mol. The number of rotatable bonds is 5. The average Bonchev–Trinajstić information content (AvgIpc) is 2.53. The van der Waals surface area contributed by atoms with Crippen LogP contribution in [0.3, 0.4) is 0 Å². The van der Waals surface area contributed by atoms with Gasteiger partial charge in [-0.05, 0) is 25.1 Å². The minimum absolute atomic E-state index is 0.147. The molecule has 1 unspecified atom stereocenters. The first kappa shape index (κ1) is 16.0. The lowest BCUT2D eigenvalue weighted by molar-refractivity contribution is 0.0588. The van der Waals surface area contributed by atoms with Crippen LogP contribution in [0.4, 0.5) is 4.39 Å². The predicted molar refractivity (Wildman–Crippen MR) is 79.4 cm³/mol. The van der Waals surface area contributed by atoms with Gasteiger partial charge in [0, 0.05) is 5.56 Å². The SMILES string of the molecule is COC(=O)c1cc(C)ccc1OCC(O)c1ccccc1F. The summed E-state index contributed by atoms with van der Waals surface area (Å²) in [6.07, 6.45) is -1.13. The van der Waals surface area contributed by atoms with Crippen LogP contribution in [0.5, 0.6) is 5.75 Å². The molecule has 0 aliphatic heterocycles. The Morgan fingerprint density at radius 1 is 1.27 bits per heavy atom. The van der Waals surface area contributed by atoms with Crippen molar-refractivity contribution >= 4 is 5.97 Å². The minimum atomic E-state index is -1.13. The van der Waals surface area contributed by atoms with Crippen molar-refractivity contribution < 1.29 is 23.8 Å². The lowest BCUT2D eigenvalue weighted by atomic mass is 10.1. The maximum atomic E-state index is 13.6. The molecular weight excluding hydrogens is 287 g/mol. The third-order valence-corrected chi connectivity index (χ3v) is 3.20. The maximum Gasteiger partial charge on any atom is 0.341 e. The molecule has 0 spiro atoms. The Morgan fingerprint density at radius 2 is 2.00 bits per heavy atom. The molecule has 4 nitrogen and oxygen atoms in total. The smallest absolute Gasteiger partial charge is 0.341 e. The topological polar surface area (TPSA) is 55.8 Å². The lowest BCUT2D eigenvalue weighted by Crippen LogP contribution is -2.13. The Bertz CT molecular complexity index is 669. The molecular formula is C17H17FO4. The van der Waals surface area contributed by atoms with Gasteiger partial charge in [-0.3, -0.25) is 0 Å². The van der Waals surface area contributed by atoms with Crippen molar-refractivity contribution in [3.8, 4) is 5.75 Å². The summed E-state index contributed by atoms with van der Waals surface area (Å²) in [5.74, 6) is -0.748. The number of methoxy groups -OCH3 is 1. The van der Waals surface area contributed by atoms with E-state index in [0.717, 1.165) is 5.56 Å². The van der Waals surface area contributed by atoms with Crippen LogP contribution in [-0.4, -0.2) is 24.8 Å². The highest BCUT2D eigenvalue weighted by atomic mass is 19.1. The number of hydrogen-bond donors (Lipinski definition) is 1. The normalized spacial score (nSPS) is 11.8. The first-order valence-corrected chi connectivity index (χ1v) is 6.77. The number of benzene rings is 2. The molecule has 0 fully saturated rings. The number of halogens is 1. The number of ether oxygens (including phenoxy) is 2. The predicted octanol–water partition coefficient (Wildman–Crippen LogP) is 3.03. The maximum absolute atomic E-state index is 13.6. The molecule has 0 bridgehead atoms. The van der Waals surface area contributed by atoms with Crippen LogP contribution in [0.15, 0.2) is 42.5 Å². The molecule has 2 aromatic rings. The van der Waals surface area contributed by atoms with E-state index < -0.39 is 17.9 Å². The van der Waals surface area contributed by atoms with Gasteiger partial charge in [0.05, 0.1) is 7.11 Å². The molecule has 0 saturated heterocycles. The number of aliphatic hydroxyl groups is 1. The van der Waals surface area contributed by atoms with Gasteiger partial charge in [0.1, 0.15) is 29.8 Å². The van der Waals surface area contributed by atoms with Gasteiger partial charge < -0.3 is 14.6 Å². The summed E-state index contributed by atoms with van der Waals surface area (Å²) in [5.41, 5.74) is 1.29. The Labute approximate surface area is 128 Å². The van der Waals surface area contributed by atoms with Crippen molar-refractivity contribution in [2.75, 3.05) is 13.7 Å². The Balaban J connectivity index is 2.15. The highest BCUT2D eigenvalue weighted by Crippen LogP contribution is 2.23. The minimum Gasteiger partial charge on any atom is -0.490 e. The van der Waals surface area contributed by atoms with E-state index in [2.05, 4.69) is 0 Å². The van der Waals surface area contributed by atoms with Gasteiger partial charge >= 0.3 is 5.97 Å². The Morgan fingerprint density at radius 3 is 2.68 bits per heavy atom. The molecule has 22 heavy (non-hydrogen) atoms. The van der Waals surface area contributed by atoms with Gasteiger partial charge in [0.2, 0.25) is 0 Å². The van der Waals surface area contributed by atoms with Crippen LogP contribution >= 0.6 is 0 Å². The summed E-state index contributed by atoms with van der Waals surface area (Å²) in [5, 5.41) is 10.0. The molecule has 0 radical (unpaired) electrons. The quantitative estimate of drug-likeness (QED) is 0.863. The summed E-state index contributed by atoms with van der Waals surface area (Å²) in [6, 6.07) is 11.0. The van der Waals surface area contributed by atoms with Crippen molar-refractivity contribution in [1.29, 1.82) is 0 Å². The fourth-order valence-corrected chi connectivity index (χ4v) is 2.04. The molecule has 0 aliphatic carbocycles. The number of hydrogen-bond acceptors (Lipinski definition) is 4. The molecule has 0 amide bonds. The molecule has 1 atom stereocenters. The molecule has 116 valence electrons. The molecule has 0 saturated carbocycles. The van der Waals surface area contributed by atoms with Crippen molar-refractivity contribution in [1.82, 2.24) is 0 Å². The number of carbonyl (C=O) groups is 1. The van der Waals surface area contributed by atoms with Crippen LogP contribution in [0, 0.1) is 12.7 Å². The molecule has 2 rings (SSSR count). The fourth-order valence-electron chi connectivity index (χ4n) is 2.04. The second-order valence-electron chi connectivity index (χ2n) is 4.84. The van der Waals surface area contributed by atoms with Gasteiger partial charge in [-0.1, -0.05) is 29.8 Å². The van der Waals surface area contributed by atoms with E-state index in [4.69, 9.17) is 9.47 Å². The van der Waals surface area contributed by atoms with E-state index in [1.54, 1.807) is 30.3 Å². The van der Waals surface area contributed by atoms with Crippen molar-refractivity contribution in [2.45, 2.75) is 13.0 Å². The van der Waals surface area contributed by atoms with Crippen LogP contribution < -0.4 is 4.74 Å². The molecule has 1 N–H and O–H groups in total. The molecule has 2 aromatic carbocycles. The van der Waals surface area contributed by atoms with E-state index >= 15 is 0 Å². The van der Waals surface area contributed by atoms with Gasteiger partial charge in [-0.25, -0.2) is 9.18 Å². The van der Waals surface area contributed by atoms with Crippen molar-refractivity contribution in [2.24, 2.45) is 0 Å².